The van der Waals surface area contributed by atoms with Gasteiger partial charge in [0.05, 0.1) is 47.5 Å². The van der Waals surface area contributed by atoms with E-state index in [9.17, 15) is 51.9 Å². The van der Waals surface area contributed by atoms with E-state index in [-0.39, 0.29) is 56.4 Å². The first-order valence-electron chi connectivity index (χ1n) is 25.6. The van der Waals surface area contributed by atoms with Gasteiger partial charge >= 0.3 is 22.4 Å². The largest absolute Gasteiger partial charge is 0.459 e. The molecule has 8 N–H and O–H groups in total. The number of alkyl halides is 3. The maximum atomic E-state index is 14.6. The highest BCUT2D eigenvalue weighted by Gasteiger charge is 2.59. The number of rotatable bonds is 13. The minimum atomic E-state index is -4.64. The predicted molar refractivity (Wildman–Crippen MR) is 261 cm³/mol. The third-order valence-electron chi connectivity index (χ3n) is 16.1. The summed E-state index contributed by atoms with van der Waals surface area (Å²) in [5.74, 6) is -3.40. The average molecular weight is 1060 g/mol. The zero-order valence-corrected chi connectivity index (χ0v) is 45.0. The van der Waals surface area contributed by atoms with Crippen LogP contribution in [0.1, 0.15) is 133 Å². The summed E-state index contributed by atoms with van der Waals surface area (Å²) in [6.07, 6.45) is -10.6. The highest BCUT2D eigenvalue weighted by atomic mass is 32.2. The van der Waals surface area contributed by atoms with Crippen LogP contribution in [0.4, 0.5) is 18.9 Å². The Morgan fingerprint density at radius 1 is 0.931 bits per heavy atom. The fourth-order valence-electron chi connectivity index (χ4n) is 11.3. The average Bonchev–Trinajstić information content (AvgIpc) is 3.31. The van der Waals surface area contributed by atoms with Crippen molar-refractivity contribution in [1.82, 2.24) is 14.9 Å². The van der Waals surface area contributed by atoms with Crippen LogP contribution in [0.15, 0.2) is 24.3 Å². The van der Waals surface area contributed by atoms with E-state index in [2.05, 4.69) is 15.4 Å². The molecule has 0 aromatic heterocycles. The number of aliphatic hydroxyl groups excluding tert-OH is 2. The van der Waals surface area contributed by atoms with E-state index in [0.29, 0.717) is 0 Å². The fourth-order valence-corrected chi connectivity index (χ4v) is 12.5. The molecule has 4 fully saturated rings. The number of halogens is 3. The van der Waals surface area contributed by atoms with Crippen LogP contribution in [-0.4, -0.2) is 167 Å². The van der Waals surface area contributed by atoms with Crippen LogP contribution in [0, 0.1) is 17.8 Å². The Balaban J connectivity index is 1.53. The topological polar surface area (TPSA) is 247 Å². The molecule has 4 aliphatic rings. The van der Waals surface area contributed by atoms with Gasteiger partial charge < -0.3 is 64.6 Å². The van der Waals surface area contributed by atoms with Crippen molar-refractivity contribution in [1.29, 1.82) is 0 Å². The number of carbonyl (C=O) groups excluding carboxylic acids is 1. The molecule has 22 heteroatoms. The number of carbonyl (C=O) groups is 1. The van der Waals surface area contributed by atoms with Crippen molar-refractivity contribution in [2.24, 2.45) is 17.8 Å². The van der Waals surface area contributed by atoms with E-state index in [1.54, 1.807) is 48.5 Å². The van der Waals surface area contributed by atoms with Crippen molar-refractivity contribution in [3.63, 3.8) is 0 Å². The second-order valence-electron chi connectivity index (χ2n) is 22.0. The first-order valence-corrected chi connectivity index (χ1v) is 27.1. The van der Waals surface area contributed by atoms with Crippen molar-refractivity contribution >= 4 is 21.9 Å². The van der Waals surface area contributed by atoms with Gasteiger partial charge in [0.15, 0.2) is 12.6 Å². The van der Waals surface area contributed by atoms with E-state index in [1.807, 2.05) is 6.92 Å². The number of cyclic esters (lactones) is 1. The van der Waals surface area contributed by atoms with Crippen molar-refractivity contribution in [3.05, 3.63) is 29.8 Å². The number of anilines is 1. The molecule has 0 spiro atoms. The van der Waals surface area contributed by atoms with Crippen LogP contribution < -0.4 is 15.4 Å². The van der Waals surface area contributed by atoms with Crippen LogP contribution >= 0.6 is 0 Å². The molecule has 1 saturated carbocycles. The summed E-state index contributed by atoms with van der Waals surface area (Å²) in [6, 6.07) is 1.71. The van der Waals surface area contributed by atoms with E-state index in [0.717, 1.165) is 60.7 Å². The van der Waals surface area contributed by atoms with Crippen LogP contribution in [0.3, 0.4) is 0 Å². The lowest BCUT2D eigenvalue weighted by Gasteiger charge is -2.54. The number of likely N-dealkylation sites (N-methyl/N-ethyl adjacent to an activating group) is 1. The fraction of sp³-hybridized carbons (Fsp3) is 0.860. The third kappa shape index (κ3) is 13.8. The minimum Gasteiger partial charge on any atom is -0.459 e. The standard InChI is InChI=1S/C50H85F3N4O14S/c1-13-38-48(10,62)42(59)32(6)54-26-28(2)24-46(8,61)43(71-45-40(58)37(23-29(3)67-45)57(11)72(64,65)56-36-21-19-34(20-22-36)50(51,52)53)30(4)41(31(5)44(60)69-38)70-39-25-47(9,66-12)49(63,33(7)68-39)27-55-35-17-15-14-16-18-35/h19-22,28-33,35,37-43,45,54-56,58-59,61-63H,13-18,23-27H2,1-12H3/t28-,29-,30+,31-,32-,33+,37+,38-,39+,40-,41+,42-,43-,45+,46-,47-,48-,49+/m1/s1. The summed E-state index contributed by atoms with van der Waals surface area (Å²) >= 11 is 0. The third-order valence-corrected chi connectivity index (χ3v) is 17.6. The molecule has 1 aliphatic carbocycles. The van der Waals surface area contributed by atoms with E-state index in [4.69, 9.17) is 28.4 Å². The van der Waals surface area contributed by atoms with Gasteiger partial charge in [-0.15, -0.1) is 0 Å². The Hall–Kier alpha value is -2.29. The number of benzene rings is 1. The lowest BCUT2D eigenvalue weighted by molar-refractivity contribution is -0.336. The van der Waals surface area contributed by atoms with Gasteiger partial charge in [0.25, 0.3) is 0 Å². The Morgan fingerprint density at radius 3 is 2.14 bits per heavy atom. The molecule has 1 aromatic carbocycles. The van der Waals surface area contributed by atoms with Crippen LogP contribution in [-0.2, 0) is 49.6 Å². The molecule has 0 amide bonds. The highest BCUT2D eigenvalue weighted by Crippen LogP contribution is 2.44. The number of esters is 1. The zero-order chi connectivity index (χ0) is 53.9. The molecule has 0 bridgehead atoms. The molecule has 1 aromatic rings. The summed E-state index contributed by atoms with van der Waals surface area (Å²) in [5, 5.41) is 67.4. The van der Waals surface area contributed by atoms with Crippen LogP contribution in [0.2, 0.25) is 0 Å². The molecule has 416 valence electrons. The maximum Gasteiger partial charge on any atom is 0.416 e. The van der Waals surface area contributed by atoms with Gasteiger partial charge in [0.1, 0.15) is 35.1 Å². The number of nitrogens with one attached hydrogen (secondary N) is 3. The molecule has 72 heavy (non-hydrogen) atoms. The lowest BCUT2D eigenvalue weighted by Crippen LogP contribution is -2.70. The van der Waals surface area contributed by atoms with Crippen LogP contribution in [0.5, 0.6) is 0 Å². The molecule has 0 radical (unpaired) electrons. The van der Waals surface area contributed by atoms with Gasteiger partial charge in [-0.3, -0.25) is 9.52 Å². The molecule has 18 atom stereocenters. The number of hydrogen-bond donors (Lipinski definition) is 8. The summed E-state index contributed by atoms with van der Waals surface area (Å²) in [7, 11) is -1.83. The predicted octanol–water partition coefficient (Wildman–Crippen LogP) is 4.60. The van der Waals surface area contributed by atoms with Crippen molar-refractivity contribution in [3.8, 4) is 0 Å². The first-order chi connectivity index (χ1) is 33.3. The number of ether oxygens (including phenoxy) is 6. The van der Waals surface area contributed by atoms with Gasteiger partial charge in [-0.1, -0.05) is 40.0 Å². The summed E-state index contributed by atoms with van der Waals surface area (Å²) in [4.78, 5) is 14.6. The number of nitrogens with zero attached hydrogens (tertiary/aromatic N) is 1. The summed E-state index contributed by atoms with van der Waals surface area (Å²) in [5.41, 5.74) is -7.68. The zero-order valence-electron chi connectivity index (χ0n) is 44.1. The Bertz CT molecular complexity index is 2020. The van der Waals surface area contributed by atoms with Crippen molar-refractivity contribution in [2.75, 3.05) is 32.0 Å². The van der Waals surface area contributed by atoms with Gasteiger partial charge in [0.2, 0.25) is 0 Å². The Kier molecular flexibility index (Phi) is 20.1. The normalized spacial score (nSPS) is 41.8. The molecular weight excluding hydrogens is 970 g/mol. The SMILES string of the molecule is CC[C@H]1OC(=O)[C@H](C)[C@@H](O[C@H]2C[C@@](C)(OC)[C@](O)(CNC3CCCCC3)[C@H](C)O2)[C@H](C)[C@@H](O[C@@H]2O[C@H](C)C[C@H](N(C)S(=O)(=O)Nc3ccc(C(F)(F)F)cc3)[C@H]2O)[C@](C)(O)C[C@@H](C)CN[C@H](C)[C@@H](O)[C@]1(C)O. The highest BCUT2D eigenvalue weighted by molar-refractivity contribution is 7.90. The van der Waals surface area contributed by atoms with Crippen LogP contribution in [0.25, 0.3) is 0 Å². The minimum absolute atomic E-state index is 0.0181. The molecule has 0 unspecified atom stereocenters. The molecule has 18 nitrogen and oxygen atoms in total. The van der Waals surface area contributed by atoms with E-state index in [1.165, 1.54) is 28.0 Å². The van der Waals surface area contributed by atoms with Gasteiger partial charge in [-0.2, -0.15) is 25.9 Å². The van der Waals surface area contributed by atoms with Gasteiger partial charge in [-0.05, 0) is 117 Å². The Labute approximate surface area is 424 Å². The number of methoxy groups -OCH3 is 1. The second kappa shape index (κ2) is 23.9. The quantitative estimate of drug-likeness (QED) is 0.126. The summed E-state index contributed by atoms with van der Waals surface area (Å²) in [6.45, 7) is 16.9. The Morgan fingerprint density at radius 2 is 1.56 bits per heavy atom. The second-order valence-corrected chi connectivity index (χ2v) is 23.7. The smallest absolute Gasteiger partial charge is 0.416 e. The number of aliphatic hydroxyl groups is 5. The molecular formula is C50H85F3N4O14S. The van der Waals surface area contributed by atoms with E-state index >= 15 is 0 Å². The van der Waals surface area contributed by atoms with E-state index < -0.39 is 130 Å². The molecule has 3 aliphatic heterocycles. The molecule has 3 saturated heterocycles. The summed E-state index contributed by atoms with van der Waals surface area (Å²) < 4.78 is 109. The molecule has 3 heterocycles. The van der Waals surface area contributed by atoms with Crippen molar-refractivity contribution < 1.29 is 80.3 Å². The van der Waals surface area contributed by atoms with Gasteiger partial charge in [-0.25, -0.2) is 0 Å². The van der Waals surface area contributed by atoms with Crippen molar-refractivity contribution in [2.45, 2.75) is 229 Å². The maximum absolute atomic E-state index is 14.6. The van der Waals surface area contributed by atoms with Gasteiger partial charge in [0, 0.05) is 50.8 Å². The lowest BCUT2D eigenvalue weighted by atomic mass is 9.75. The number of hydrogen-bond acceptors (Lipinski definition) is 16. The monoisotopic (exact) mass is 1050 g/mol. The first kappa shape index (κ1) is 60.6. The molecule has 5 rings (SSSR count).